The molecule has 1 aromatic carbocycles. The number of phenolic OH excluding ortho intramolecular Hbond substituents is 1. The van der Waals surface area contributed by atoms with Gasteiger partial charge in [-0.2, -0.15) is 5.26 Å². The summed E-state index contributed by atoms with van der Waals surface area (Å²) < 4.78 is 4.88. The highest BCUT2D eigenvalue weighted by Crippen LogP contribution is 2.56. The highest BCUT2D eigenvalue weighted by atomic mass is 32.2. The molecule has 0 saturated carbocycles. The minimum atomic E-state index is -2.04. The molecule has 0 radical (unpaired) electrons. The number of H-pyrrole nitrogens is 1. The number of thiocyanates is 1. The van der Waals surface area contributed by atoms with Crippen molar-refractivity contribution in [2.75, 3.05) is 7.11 Å². The van der Waals surface area contributed by atoms with Gasteiger partial charge in [-0.3, -0.25) is 24.0 Å². The summed E-state index contributed by atoms with van der Waals surface area (Å²) in [5.74, 6) is -2.68. The SMILES string of the molecule is COc1cc(=O)c2c(=O)c3c(c(=O)c=2c1=O)=C(O)C1(CCc2c1c(O)c1c(=O)[nH]c(C)cc1c2SC#N)C=3O. The summed E-state index contributed by atoms with van der Waals surface area (Å²) in [4.78, 5) is 68.5. The molecule has 0 amide bonds. The standard InChI is InChI=1S/C27H16N2O9S/c1-8-5-10-13(26(37)29-8)22(34)18-9(23(10)39-7-28)3-4-27(18)24(35)16-17(25(27)36)21(33)15-14(20(16)32)11(30)6-12(38-2)19(15)31/h5-6,34-36H,3-4H2,1-2H3,(H,29,37). The van der Waals surface area contributed by atoms with E-state index in [9.17, 15) is 44.6 Å². The van der Waals surface area contributed by atoms with Crippen molar-refractivity contribution >= 4 is 34.1 Å². The Balaban J connectivity index is 1.89. The number of hydrogen-bond donors (Lipinski definition) is 4. The van der Waals surface area contributed by atoms with E-state index in [0.717, 1.165) is 24.9 Å². The molecule has 1 unspecified atom stereocenters. The number of nitrogens with zero attached hydrogens (tertiary/aromatic N) is 1. The zero-order chi connectivity index (χ0) is 28.1. The Morgan fingerprint density at radius 2 is 1.62 bits per heavy atom. The van der Waals surface area contributed by atoms with Gasteiger partial charge in [-0.25, -0.2) is 0 Å². The summed E-state index contributed by atoms with van der Waals surface area (Å²) in [6.45, 7) is 1.63. The highest BCUT2D eigenvalue weighted by molar-refractivity contribution is 8.04. The van der Waals surface area contributed by atoms with Crippen molar-refractivity contribution in [3.63, 3.8) is 0 Å². The van der Waals surface area contributed by atoms with Gasteiger partial charge in [-0.05, 0) is 43.2 Å². The average Bonchev–Trinajstić information content (AvgIpc) is 3.39. The summed E-state index contributed by atoms with van der Waals surface area (Å²) in [5, 5.41) is 43.2. The number of benzene rings is 1. The Labute approximate surface area is 219 Å². The van der Waals surface area contributed by atoms with Crippen LogP contribution in [0.4, 0.5) is 0 Å². The van der Waals surface area contributed by atoms with Crippen LogP contribution in [0.3, 0.4) is 0 Å². The molecule has 12 heteroatoms. The van der Waals surface area contributed by atoms with Gasteiger partial charge in [0.05, 0.1) is 33.4 Å². The monoisotopic (exact) mass is 544 g/mol. The third-order valence-corrected chi connectivity index (χ3v) is 8.42. The van der Waals surface area contributed by atoms with Crippen LogP contribution < -0.4 is 42.4 Å². The number of nitrogens with one attached hydrogen (secondary N) is 1. The third kappa shape index (κ3) is 2.74. The van der Waals surface area contributed by atoms with Gasteiger partial charge in [-0.15, -0.1) is 0 Å². The molecule has 0 saturated heterocycles. The number of phenols is 1. The lowest BCUT2D eigenvalue weighted by Crippen LogP contribution is -2.51. The average molecular weight is 544 g/mol. The number of aromatic nitrogens is 1. The lowest BCUT2D eigenvalue weighted by Gasteiger charge is -2.27. The van der Waals surface area contributed by atoms with Crippen molar-refractivity contribution in [2.45, 2.75) is 30.1 Å². The lowest BCUT2D eigenvalue weighted by atomic mass is 9.78. The van der Waals surface area contributed by atoms with Crippen LogP contribution in [0.5, 0.6) is 11.5 Å². The van der Waals surface area contributed by atoms with Gasteiger partial charge in [0.1, 0.15) is 28.1 Å². The number of ether oxygens (including phenoxy) is 1. The number of aliphatic hydroxyl groups excluding tert-OH is 2. The van der Waals surface area contributed by atoms with E-state index in [0.29, 0.717) is 16.2 Å². The van der Waals surface area contributed by atoms with Gasteiger partial charge in [0, 0.05) is 27.6 Å². The first kappa shape index (κ1) is 24.4. The van der Waals surface area contributed by atoms with Crippen LogP contribution in [-0.4, -0.2) is 27.4 Å². The van der Waals surface area contributed by atoms with Crippen LogP contribution in [0.25, 0.3) is 22.3 Å². The van der Waals surface area contributed by atoms with Crippen LogP contribution in [0, 0.1) is 28.0 Å². The van der Waals surface area contributed by atoms with E-state index in [1.54, 1.807) is 13.0 Å². The first-order valence-electron chi connectivity index (χ1n) is 11.5. The first-order valence-corrected chi connectivity index (χ1v) is 12.4. The zero-order valence-electron chi connectivity index (χ0n) is 20.2. The molecule has 39 heavy (non-hydrogen) atoms. The van der Waals surface area contributed by atoms with Crippen LogP contribution in [-0.2, 0) is 11.8 Å². The largest absolute Gasteiger partial charge is 0.510 e. The fraction of sp³-hybridized carbons (Fsp3) is 0.185. The number of nitriles is 1. The number of fused-ring (bicyclic) bond motifs is 4. The zero-order valence-corrected chi connectivity index (χ0v) is 21.0. The number of aromatic hydroxyl groups is 1. The van der Waals surface area contributed by atoms with E-state index in [4.69, 9.17) is 4.74 Å². The summed E-state index contributed by atoms with van der Waals surface area (Å²) in [6.07, 6.45) is -0.0758. The molecule has 4 N–H and O–H groups in total. The molecule has 0 fully saturated rings. The van der Waals surface area contributed by atoms with Gasteiger partial charge >= 0.3 is 0 Å². The number of methoxy groups -OCH3 is 1. The molecule has 1 aromatic heterocycles. The predicted octanol–water partition coefficient (Wildman–Crippen LogP) is -0.605. The van der Waals surface area contributed by atoms with Gasteiger partial charge in [-0.1, -0.05) is 0 Å². The molecule has 4 aliphatic rings. The molecule has 4 aliphatic carbocycles. The number of thioether (sulfide) groups is 1. The maximum absolute atomic E-state index is 13.6. The van der Waals surface area contributed by atoms with Crippen molar-refractivity contribution < 1.29 is 20.1 Å². The van der Waals surface area contributed by atoms with Crippen molar-refractivity contribution in [1.82, 2.24) is 4.98 Å². The normalized spacial score (nSPS) is 17.7. The molecule has 2 aromatic rings. The minimum Gasteiger partial charge on any atom is -0.510 e. The number of rotatable bonds is 2. The molecule has 194 valence electrons. The predicted molar refractivity (Wildman–Crippen MR) is 140 cm³/mol. The highest BCUT2D eigenvalue weighted by Gasteiger charge is 2.54. The fourth-order valence-electron chi connectivity index (χ4n) is 6.10. The van der Waals surface area contributed by atoms with Gasteiger partial charge in [0.15, 0.2) is 11.2 Å². The third-order valence-electron chi connectivity index (χ3n) is 7.66. The molecule has 0 aliphatic heterocycles. The Kier molecular flexibility index (Phi) is 4.90. The molecule has 1 heterocycles. The fourth-order valence-corrected chi connectivity index (χ4v) is 6.79. The number of pyridine rings is 1. The van der Waals surface area contributed by atoms with E-state index < -0.39 is 76.6 Å². The second-order valence-electron chi connectivity index (χ2n) is 9.46. The second kappa shape index (κ2) is 7.81. The van der Waals surface area contributed by atoms with Crippen molar-refractivity contribution in [1.29, 1.82) is 5.26 Å². The lowest BCUT2D eigenvalue weighted by molar-refractivity contribution is 0.362. The Morgan fingerprint density at radius 3 is 2.23 bits per heavy atom. The maximum atomic E-state index is 13.6. The summed E-state index contributed by atoms with van der Waals surface area (Å²) >= 11 is 0.721. The smallest absolute Gasteiger partial charge is 0.259 e. The number of aryl methyl sites for hydroxylation is 1. The molecule has 1 spiro atoms. The van der Waals surface area contributed by atoms with Crippen LogP contribution in [0.2, 0.25) is 0 Å². The van der Waals surface area contributed by atoms with Crippen molar-refractivity contribution in [3.05, 3.63) is 101 Å². The molecular weight excluding hydrogens is 528 g/mol. The Bertz CT molecular complexity index is 2360. The molecule has 1 atom stereocenters. The Hall–Kier alpha value is -4.89. The van der Waals surface area contributed by atoms with E-state index in [1.165, 1.54) is 0 Å². The molecule has 11 nitrogen and oxygen atoms in total. The summed E-state index contributed by atoms with van der Waals surface area (Å²) in [5.41, 5.74) is -6.37. The number of aromatic amines is 1. The first-order chi connectivity index (χ1) is 18.5. The van der Waals surface area contributed by atoms with Crippen LogP contribution >= 0.6 is 11.8 Å². The van der Waals surface area contributed by atoms with Crippen molar-refractivity contribution in [2.24, 2.45) is 0 Å². The topological polar surface area (TPSA) is 195 Å². The van der Waals surface area contributed by atoms with E-state index in [2.05, 4.69) is 4.98 Å². The van der Waals surface area contributed by atoms with E-state index in [-0.39, 0.29) is 29.2 Å². The van der Waals surface area contributed by atoms with E-state index in [1.807, 2.05) is 5.40 Å². The van der Waals surface area contributed by atoms with E-state index >= 15 is 0 Å². The second-order valence-corrected chi connectivity index (χ2v) is 10.3. The van der Waals surface area contributed by atoms with Crippen molar-refractivity contribution in [3.8, 4) is 16.9 Å². The summed E-state index contributed by atoms with van der Waals surface area (Å²) in [7, 11) is 1.11. The molecule has 6 rings (SSSR count). The van der Waals surface area contributed by atoms with Crippen LogP contribution in [0.1, 0.15) is 23.2 Å². The number of aliphatic hydroxyl groups is 2. The molecular formula is C27H16N2O9S. The van der Waals surface area contributed by atoms with Gasteiger partial charge in [0.2, 0.25) is 16.3 Å². The van der Waals surface area contributed by atoms with Gasteiger partial charge < -0.3 is 25.0 Å². The maximum Gasteiger partial charge on any atom is 0.259 e. The Morgan fingerprint density at radius 1 is 0.974 bits per heavy atom. The minimum absolute atomic E-state index is 0.0755. The molecule has 0 bridgehead atoms. The number of hydrogen-bond acceptors (Lipinski definition) is 11. The summed E-state index contributed by atoms with van der Waals surface area (Å²) in [6, 6.07) is 2.35. The quantitative estimate of drug-likeness (QED) is 0.186. The van der Waals surface area contributed by atoms with Gasteiger partial charge in [0.25, 0.3) is 5.56 Å². The van der Waals surface area contributed by atoms with Crippen LogP contribution in [0.15, 0.2) is 41.0 Å².